The van der Waals surface area contributed by atoms with E-state index in [1.165, 1.54) is 0 Å². The molecule has 0 aromatic carbocycles. The number of carbonyl (C=O) groups excluding carboxylic acids is 1. The molecule has 4 nitrogen and oxygen atoms in total. The van der Waals surface area contributed by atoms with Gasteiger partial charge in [-0.25, -0.2) is 0 Å². The van der Waals surface area contributed by atoms with Gasteiger partial charge in [0.15, 0.2) is 0 Å². The van der Waals surface area contributed by atoms with Crippen molar-refractivity contribution in [3.05, 3.63) is 6.42 Å². The molecule has 1 saturated carbocycles. The molecule has 1 aliphatic carbocycles. The van der Waals surface area contributed by atoms with Crippen molar-refractivity contribution >= 4 is 5.91 Å². The first kappa shape index (κ1) is 13.8. The molecule has 0 unspecified atom stereocenters. The van der Waals surface area contributed by atoms with E-state index < -0.39 is 0 Å². The monoisotopic (exact) mass is 253 g/mol. The highest BCUT2D eigenvalue weighted by Gasteiger charge is 2.28. The van der Waals surface area contributed by atoms with Crippen LogP contribution >= 0.6 is 0 Å². The predicted octanol–water partition coefficient (Wildman–Crippen LogP) is 1.17. The Kier molecular flexibility index (Phi) is 5.45. The second-order valence-corrected chi connectivity index (χ2v) is 5.30. The molecular formula is C14H25N2O2. The van der Waals surface area contributed by atoms with Gasteiger partial charge in [-0.3, -0.25) is 9.69 Å². The minimum Gasteiger partial charge on any atom is -0.383 e. The number of amides is 1. The summed E-state index contributed by atoms with van der Waals surface area (Å²) in [7, 11) is 1.74. The molecule has 1 saturated heterocycles. The fraction of sp³-hybridized carbons (Fsp3) is 0.857. The van der Waals surface area contributed by atoms with Gasteiger partial charge in [0.25, 0.3) is 0 Å². The summed E-state index contributed by atoms with van der Waals surface area (Å²) in [6.07, 6.45) is 6.66. The van der Waals surface area contributed by atoms with Crippen molar-refractivity contribution in [3.63, 3.8) is 0 Å². The Balaban J connectivity index is 1.73. The average molecular weight is 253 g/mol. The third kappa shape index (κ3) is 3.69. The second-order valence-electron chi connectivity index (χ2n) is 5.30. The molecule has 18 heavy (non-hydrogen) atoms. The molecule has 2 aliphatic rings. The van der Waals surface area contributed by atoms with Crippen molar-refractivity contribution in [1.29, 1.82) is 0 Å². The Morgan fingerprint density at radius 1 is 1.22 bits per heavy atom. The van der Waals surface area contributed by atoms with Gasteiger partial charge in [-0.15, -0.1) is 0 Å². The molecule has 4 heteroatoms. The predicted molar refractivity (Wildman–Crippen MR) is 71.2 cm³/mol. The minimum atomic E-state index is 0.292. The maximum atomic E-state index is 12.3. The maximum absolute atomic E-state index is 12.3. The SMILES string of the molecule is COCCN1CCN(C(=O)C2CC[CH]CC2)CC1. The number of piperazine rings is 1. The third-order valence-electron chi connectivity index (χ3n) is 4.08. The first-order valence-corrected chi connectivity index (χ1v) is 7.13. The van der Waals surface area contributed by atoms with Gasteiger partial charge in [-0.1, -0.05) is 0 Å². The van der Waals surface area contributed by atoms with Gasteiger partial charge in [0.1, 0.15) is 0 Å². The van der Waals surface area contributed by atoms with Crippen LogP contribution in [0.2, 0.25) is 0 Å². The van der Waals surface area contributed by atoms with Crippen LogP contribution < -0.4 is 0 Å². The molecule has 0 bridgehead atoms. The van der Waals surface area contributed by atoms with E-state index in [0.717, 1.165) is 65.0 Å². The molecule has 0 spiro atoms. The lowest BCUT2D eigenvalue weighted by Crippen LogP contribution is -2.51. The van der Waals surface area contributed by atoms with Crippen molar-refractivity contribution in [1.82, 2.24) is 9.80 Å². The summed E-state index contributed by atoms with van der Waals surface area (Å²) in [5.41, 5.74) is 0. The first-order chi connectivity index (χ1) is 8.81. The smallest absolute Gasteiger partial charge is 0.225 e. The van der Waals surface area contributed by atoms with E-state index in [0.29, 0.717) is 11.8 Å². The van der Waals surface area contributed by atoms with Gasteiger partial charge in [-0.2, -0.15) is 0 Å². The summed E-state index contributed by atoms with van der Waals surface area (Å²) in [6, 6.07) is 0. The number of rotatable bonds is 4. The van der Waals surface area contributed by atoms with Crippen LogP contribution in [0.3, 0.4) is 0 Å². The standard InChI is InChI=1S/C14H25N2O2/c1-18-12-11-15-7-9-16(10-8-15)14(17)13-5-3-2-4-6-13/h2,13H,3-12H2,1H3. The zero-order chi connectivity index (χ0) is 12.8. The summed E-state index contributed by atoms with van der Waals surface area (Å²) in [4.78, 5) is 16.8. The molecule has 1 heterocycles. The summed E-state index contributed by atoms with van der Waals surface area (Å²) >= 11 is 0. The normalized spacial score (nSPS) is 23.3. The van der Waals surface area contributed by atoms with Crippen LogP contribution in [-0.4, -0.2) is 62.1 Å². The van der Waals surface area contributed by atoms with Gasteiger partial charge in [-0.05, 0) is 32.1 Å². The van der Waals surface area contributed by atoms with Crippen LogP contribution in [0.4, 0.5) is 0 Å². The average Bonchev–Trinajstić information content (AvgIpc) is 2.46. The van der Waals surface area contributed by atoms with E-state index in [-0.39, 0.29) is 0 Å². The van der Waals surface area contributed by atoms with Crippen LogP contribution in [-0.2, 0) is 9.53 Å². The summed E-state index contributed by atoms with van der Waals surface area (Å²) in [6.45, 7) is 5.54. The molecule has 0 aromatic rings. The van der Waals surface area contributed by atoms with Gasteiger partial charge in [0.05, 0.1) is 6.61 Å². The molecule has 1 radical (unpaired) electrons. The Bertz CT molecular complexity index is 257. The second kappa shape index (κ2) is 7.10. The van der Waals surface area contributed by atoms with Crippen LogP contribution in [0, 0.1) is 12.3 Å². The van der Waals surface area contributed by atoms with Crippen molar-refractivity contribution < 1.29 is 9.53 Å². The van der Waals surface area contributed by atoms with Gasteiger partial charge in [0.2, 0.25) is 5.91 Å². The van der Waals surface area contributed by atoms with Crippen molar-refractivity contribution in [2.75, 3.05) is 46.4 Å². The fourth-order valence-corrected chi connectivity index (χ4v) is 2.84. The zero-order valence-corrected chi connectivity index (χ0v) is 11.4. The van der Waals surface area contributed by atoms with E-state index in [9.17, 15) is 4.79 Å². The lowest BCUT2D eigenvalue weighted by molar-refractivity contribution is -0.138. The number of nitrogens with zero attached hydrogens (tertiary/aromatic N) is 2. The van der Waals surface area contributed by atoms with Gasteiger partial charge in [0, 0.05) is 45.8 Å². The van der Waals surface area contributed by atoms with Gasteiger partial charge >= 0.3 is 0 Å². The van der Waals surface area contributed by atoms with E-state index in [1.807, 2.05) is 0 Å². The molecule has 1 amide bonds. The number of carbonyl (C=O) groups is 1. The molecule has 0 N–H and O–H groups in total. The van der Waals surface area contributed by atoms with E-state index >= 15 is 0 Å². The summed E-state index contributed by atoms with van der Waals surface area (Å²) in [5, 5.41) is 0. The molecule has 1 aliphatic heterocycles. The molecule has 0 aromatic heterocycles. The quantitative estimate of drug-likeness (QED) is 0.754. The van der Waals surface area contributed by atoms with Crippen molar-refractivity contribution in [3.8, 4) is 0 Å². The highest BCUT2D eigenvalue weighted by atomic mass is 16.5. The van der Waals surface area contributed by atoms with Crippen molar-refractivity contribution in [2.45, 2.75) is 25.7 Å². The van der Waals surface area contributed by atoms with Crippen LogP contribution in [0.5, 0.6) is 0 Å². The Morgan fingerprint density at radius 3 is 2.50 bits per heavy atom. The fourth-order valence-electron chi connectivity index (χ4n) is 2.84. The first-order valence-electron chi connectivity index (χ1n) is 7.13. The zero-order valence-electron chi connectivity index (χ0n) is 11.4. The lowest BCUT2D eigenvalue weighted by atomic mass is 9.88. The molecule has 0 atom stereocenters. The van der Waals surface area contributed by atoms with Crippen LogP contribution in [0.15, 0.2) is 0 Å². The van der Waals surface area contributed by atoms with Crippen LogP contribution in [0.25, 0.3) is 0 Å². The van der Waals surface area contributed by atoms with Gasteiger partial charge < -0.3 is 9.64 Å². The Hall–Kier alpha value is -0.610. The van der Waals surface area contributed by atoms with E-state index in [4.69, 9.17) is 4.74 Å². The highest BCUT2D eigenvalue weighted by Crippen LogP contribution is 2.25. The maximum Gasteiger partial charge on any atom is 0.225 e. The topological polar surface area (TPSA) is 32.8 Å². The molecule has 2 fully saturated rings. The van der Waals surface area contributed by atoms with Crippen LogP contribution in [0.1, 0.15) is 25.7 Å². The Labute approximate surface area is 110 Å². The van der Waals surface area contributed by atoms with E-state index in [1.54, 1.807) is 7.11 Å². The summed E-state index contributed by atoms with van der Waals surface area (Å²) < 4.78 is 5.09. The lowest BCUT2D eigenvalue weighted by Gasteiger charge is -2.37. The summed E-state index contributed by atoms with van der Waals surface area (Å²) in [5.74, 6) is 0.690. The third-order valence-corrected chi connectivity index (χ3v) is 4.08. The number of hydrogen-bond donors (Lipinski definition) is 0. The molecule has 2 rings (SSSR count). The number of ether oxygens (including phenoxy) is 1. The Morgan fingerprint density at radius 2 is 1.89 bits per heavy atom. The number of methoxy groups -OCH3 is 1. The molecular weight excluding hydrogens is 228 g/mol. The largest absolute Gasteiger partial charge is 0.383 e. The number of hydrogen-bond acceptors (Lipinski definition) is 3. The highest BCUT2D eigenvalue weighted by molar-refractivity contribution is 5.79. The van der Waals surface area contributed by atoms with Crippen molar-refractivity contribution in [2.24, 2.45) is 5.92 Å². The molecule has 103 valence electrons. The minimum absolute atomic E-state index is 0.292. The van der Waals surface area contributed by atoms with E-state index in [2.05, 4.69) is 16.2 Å².